The van der Waals surface area contributed by atoms with E-state index in [0.29, 0.717) is 6.54 Å². The molecule has 2 aromatic rings. The molecule has 15 heavy (non-hydrogen) atoms. The van der Waals surface area contributed by atoms with E-state index in [-0.39, 0.29) is 0 Å². The summed E-state index contributed by atoms with van der Waals surface area (Å²) in [5.41, 5.74) is 7.64. The van der Waals surface area contributed by atoms with Gasteiger partial charge in [-0.05, 0) is 18.7 Å². The third kappa shape index (κ3) is 2.46. The maximum atomic E-state index is 5.47. The number of hydrogen-bond donors (Lipinski definition) is 2. The van der Waals surface area contributed by atoms with Gasteiger partial charge in [0.1, 0.15) is 5.82 Å². The molecule has 1 heterocycles. The lowest BCUT2D eigenvalue weighted by Gasteiger charge is -1.96. The highest BCUT2D eigenvalue weighted by Crippen LogP contribution is 2.18. The van der Waals surface area contributed by atoms with Crippen LogP contribution in [0.3, 0.4) is 0 Å². The summed E-state index contributed by atoms with van der Waals surface area (Å²) in [6, 6.07) is 8.05. The van der Waals surface area contributed by atoms with Crippen LogP contribution < -0.4 is 5.73 Å². The van der Waals surface area contributed by atoms with Crippen LogP contribution in [0.15, 0.2) is 34.9 Å². The first-order chi connectivity index (χ1) is 7.29. The number of benzene rings is 1. The maximum absolute atomic E-state index is 5.47. The van der Waals surface area contributed by atoms with E-state index in [4.69, 9.17) is 5.73 Å². The zero-order valence-electron chi connectivity index (χ0n) is 8.20. The number of nitrogens with one attached hydrogen (secondary N) is 1. The first-order valence-corrected chi connectivity index (χ1v) is 5.59. The van der Waals surface area contributed by atoms with E-state index in [1.54, 1.807) is 0 Å². The molecule has 0 atom stereocenters. The molecular weight excluding hydrogens is 254 g/mol. The Morgan fingerprint density at radius 1 is 1.27 bits per heavy atom. The number of hydrogen-bond acceptors (Lipinski definition) is 2. The Morgan fingerprint density at radius 2 is 2.00 bits per heavy atom. The molecular formula is C11H12BrN3. The predicted molar refractivity (Wildman–Crippen MR) is 64.5 cm³/mol. The predicted octanol–water partition coefficient (Wildman–Crippen LogP) is 2.34. The smallest absolute Gasteiger partial charge is 0.137 e. The molecule has 0 radical (unpaired) electrons. The third-order valence-electron chi connectivity index (χ3n) is 2.16. The Balaban J connectivity index is 2.25. The van der Waals surface area contributed by atoms with Gasteiger partial charge < -0.3 is 10.7 Å². The summed E-state index contributed by atoms with van der Waals surface area (Å²) in [6.45, 7) is 0.641. The minimum atomic E-state index is 0.641. The molecule has 1 aromatic carbocycles. The van der Waals surface area contributed by atoms with Crippen LogP contribution in [0.25, 0.3) is 11.4 Å². The molecule has 0 fully saturated rings. The largest absolute Gasteiger partial charge is 0.342 e. The maximum Gasteiger partial charge on any atom is 0.137 e. The molecule has 2 rings (SSSR count). The van der Waals surface area contributed by atoms with Crippen LogP contribution in [0.1, 0.15) is 5.69 Å². The zero-order valence-corrected chi connectivity index (χ0v) is 9.79. The SMILES string of the molecule is NCCc1cnc(-c2ccc(Br)cc2)[nH]1. The second kappa shape index (κ2) is 4.59. The molecule has 78 valence electrons. The molecule has 0 saturated carbocycles. The number of aromatic nitrogens is 2. The van der Waals surface area contributed by atoms with Crippen molar-refractivity contribution in [1.29, 1.82) is 0 Å². The quantitative estimate of drug-likeness (QED) is 0.895. The van der Waals surface area contributed by atoms with E-state index < -0.39 is 0 Å². The van der Waals surface area contributed by atoms with Gasteiger partial charge in [0.05, 0.1) is 0 Å². The van der Waals surface area contributed by atoms with E-state index in [9.17, 15) is 0 Å². The normalized spacial score (nSPS) is 10.5. The molecule has 3 N–H and O–H groups in total. The Kier molecular flexibility index (Phi) is 3.18. The van der Waals surface area contributed by atoms with Gasteiger partial charge >= 0.3 is 0 Å². The Morgan fingerprint density at radius 3 is 2.67 bits per heavy atom. The van der Waals surface area contributed by atoms with Crippen molar-refractivity contribution in [1.82, 2.24) is 9.97 Å². The van der Waals surface area contributed by atoms with Crippen LogP contribution in [-0.4, -0.2) is 16.5 Å². The van der Waals surface area contributed by atoms with Gasteiger partial charge in [0, 0.05) is 28.3 Å². The van der Waals surface area contributed by atoms with Gasteiger partial charge in [-0.1, -0.05) is 28.1 Å². The number of H-pyrrole nitrogens is 1. The van der Waals surface area contributed by atoms with Gasteiger partial charge in [0.2, 0.25) is 0 Å². The van der Waals surface area contributed by atoms with Gasteiger partial charge in [-0.25, -0.2) is 4.98 Å². The third-order valence-corrected chi connectivity index (χ3v) is 2.69. The average molecular weight is 266 g/mol. The van der Waals surface area contributed by atoms with E-state index in [2.05, 4.69) is 25.9 Å². The summed E-state index contributed by atoms with van der Waals surface area (Å²) in [5.74, 6) is 0.894. The summed E-state index contributed by atoms with van der Waals surface area (Å²) in [7, 11) is 0. The van der Waals surface area contributed by atoms with Crippen molar-refractivity contribution in [3.63, 3.8) is 0 Å². The minimum Gasteiger partial charge on any atom is -0.342 e. The molecule has 0 aliphatic rings. The summed E-state index contributed by atoms with van der Waals surface area (Å²) in [5, 5.41) is 0. The summed E-state index contributed by atoms with van der Waals surface area (Å²) < 4.78 is 1.07. The lowest BCUT2D eigenvalue weighted by molar-refractivity contribution is 0.936. The lowest BCUT2D eigenvalue weighted by Crippen LogP contribution is -2.02. The standard InChI is InChI=1S/C11H12BrN3/c12-9-3-1-8(2-4-9)11-14-7-10(15-11)5-6-13/h1-4,7H,5-6,13H2,(H,14,15). The zero-order chi connectivity index (χ0) is 10.7. The van der Waals surface area contributed by atoms with Gasteiger partial charge in [-0.2, -0.15) is 0 Å². The molecule has 0 bridgehead atoms. The Bertz CT molecular complexity index is 433. The first-order valence-electron chi connectivity index (χ1n) is 4.79. The first kappa shape index (κ1) is 10.4. The van der Waals surface area contributed by atoms with Crippen LogP contribution in [0.5, 0.6) is 0 Å². The lowest BCUT2D eigenvalue weighted by atomic mass is 10.2. The number of aromatic amines is 1. The van der Waals surface area contributed by atoms with Gasteiger partial charge in [0.25, 0.3) is 0 Å². The molecule has 4 heteroatoms. The van der Waals surface area contributed by atoms with Crippen molar-refractivity contribution in [2.24, 2.45) is 5.73 Å². The Labute approximate surface area is 96.9 Å². The molecule has 0 saturated heterocycles. The van der Waals surface area contributed by atoms with E-state index in [1.807, 2.05) is 30.5 Å². The van der Waals surface area contributed by atoms with Crippen molar-refractivity contribution in [3.8, 4) is 11.4 Å². The van der Waals surface area contributed by atoms with Crippen LogP contribution in [-0.2, 0) is 6.42 Å². The van der Waals surface area contributed by atoms with Crippen molar-refractivity contribution in [2.75, 3.05) is 6.54 Å². The number of nitrogens with two attached hydrogens (primary N) is 1. The molecule has 0 spiro atoms. The van der Waals surface area contributed by atoms with Gasteiger partial charge in [-0.15, -0.1) is 0 Å². The molecule has 1 aromatic heterocycles. The minimum absolute atomic E-state index is 0.641. The second-order valence-electron chi connectivity index (χ2n) is 3.30. The van der Waals surface area contributed by atoms with Gasteiger partial charge in [0.15, 0.2) is 0 Å². The molecule has 3 nitrogen and oxygen atoms in total. The van der Waals surface area contributed by atoms with Crippen LogP contribution in [0.2, 0.25) is 0 Å². The number of nitrogens with zero attached hydrogens (tertiary/aromatic N) is 1. The fraction of sp³-hybridized carbons (Fsp3) is 0.182. The molecule has 0 aliphatic heterocycles. The molecule has 0 unspecified atom stereocenters. The highest BCUT2D eigenvalue weighted by Gasteiger charge is 2.02. The highest BCUT2D eigenvalue weighted by atomic mass is 79.9. The van der Waals surface area contributed by atoms with E-state index in [0.717, 1.165) is 28.0 Å². The van der Waals surface area contributed by atoms with Crippen LogP contribution in [0, 0.1) is 0 Å². The topological polar surface area (TPSA) is 54.7 Å². The van der Waals surface area contributed by atoms with Crippen LogP contribution in [0.4, 0.5) is 0 Å². The summed E-state index contributed by atoms with van der Waals surface area (Å²) in [6.07, 6.45) is 2.67. The van der Waals surface area contributed by atoms with Crippen molar-refractivity contribution < 1.29 is 0 Å². The van der Waals surface area contributed by atoms with Crippen molar-refractivity contribution in [3.05, 3.63) is 40.6 Å². The summed E-state index contributed by atoms with van der Waals surface area (Å²) in [4.78, 5) is 7.55. The summed E-state index contributed by atoms with van der Waals surface area (Å²) >= 11 is 3.40. The number of imidazole rings is 1. The number of rotatable bonds is 3. The Hall–Kier alpha value is -1.13. The second-order valence-corrected chi connectivity index (χ2v) is 4.22. The molecule has 0 aliphatic carbocycles. The van der Waals surface area contributed by atoms with Gasteiger partial charge in [-0.3, -0.25) is 0 Å². The van der Waals surface area contributed by atoms with Crippen LogP contribution >= 0.6 is 15.9 Å². The fourth-order valence-corrected chi connectivity index (χ4v) is 1.66. The monoisotopic (exact) mass is 265 g/mol. The highest BCUT2D eigenvalue weighted by molar-refractivity contribution is 9.10. The van der Waals surface area contributed by atoms with E-state index >= 15 is 0 Å². The van der Waals surface area contributed by atoms with Crippen molar-refractivity contribution >= 4 is 15.9 Å². The molecule has 0 amide bonds. The van der Waals surface area contributed by atoms with E-state index in [1.165, 1.54) is 0 Å². The fourth-order valence-electron chi connectivity index (χ4n) is 1.40. The number of halogens is 1. The van der Waals surface area contributed by atoms with Crippen molar-refractivity contribution in [2.45, 2.75) is 6.42 Å². The average Bonchev–Trinajstić information content (AvgIpc) is 2.68.